The van der Waals surface area contributed by atoms with Gasteiger partial charge in [-0.2, -0.15) is 0 Å². The smallest absolute Gasteiger partial charge is 0.253 e. The lowest BCUT2D eigenvalue weighted by Gasteiger charge is -2.35. The Morgan fingerprint density at radius 3 is 2.20 bits per heavy atom. The zero-order valence-corrected chi connectivity index (χ0v) is 18.7. The molecule has 156 valence electrons. The van der Waals surface area contributed by atoms with Crippen molar-refractivity contribution in [1.29, 1.82) is 0 Å². The monoisotopic (exact) mass is 401 g/mol. The number of hydrogen-bond donors (Lipinski definition) is 0. The molecule has 0 aliphatic carbocycles. The fourth-order valence-electron chi connectivity index (χ4n) is 4.14. The van der Waals surface area contributed by atoms with E-state index in [1.807, 2.05) is 17.0 Å². The van der Waals surface area contributed by atoms with E-state index in [9.17, 15) is 4.79 Å². The number of anilines is 1. The van der Waals surface area contributed by atoms with Crippen molar-refractivity contribution in [2.45, 2.75) is 40.0 Å². The summed E-state index contributed by atoms with van der Waals surface area (Å²) in [4.78, 5) is 22.2. The maximum atomic E-state index is 13.0. The van der Waals surface area contributed by atoms with E-state index in [1.54, 1.807) is 0 Å². The zero-order valence-electron chi connectivity index (χ0n) is 18.7. The molecule has 0 atom stereocenters. The highest BCUT2D eigenvalue weighted by Crippen LogP contribution is 2.26. The second kappa shape index (κ2) is 7.75. The van der Waals surface area contributed by atoms with Gasteiger partial charge in [-0.25, -0.2) is 4.98 Å². The second-order valence-corrected chi connectivity index (χ2v) is 9.38. The Morgan fingerprint density at radius 2 is 1.57 bits per heavy atom. The van der Waals surface area contributed by atoms with Crippen molar-refractivity contribution in [3.63, 3.8) is 0 Å². The van der Waals surface area contributed by atoms with Crippen LogP contribution >= 0.6 is 0 Å². The minimum Gasteiger partial charge on any atom is -0.353 e. The van der Waals surface area contributed by atoms with Gasteiger partial charge >= 0.3 is 0 Å². The summed E-state index contributed by atoms with van der Waals surface area (Å²) in [5, 5.41) is 1.21. The van der Waals surface area contributed by atoms with Crippen LogP contribution in [0.2, 0.25) is 0 Å². The van der Waals surface area contributed by atoms with Gasteiger partial charge in [-0.05, 0) is 54.2 Å². The van der Waals surface area contributed by atoms with Crippen LogP contribution in [0.1, 0.15) is 47.8 Å². The molecule has 1 fully saturated rings. The summed E-state index contributed by atoms with van der Waals surface area (Å²) in [7, 11) is 0. The van der Waals surface area contributed by atoms with Crippen molar-refractivity contribution in [3.8, 4) is 0 Å². The molecule has 0 spiro atoms. The average molecular weight is 402 g/mol. The lowest BCUT2D eigenvalue weighted by Crippen LogP contribution is -2.49. The minimum atomic E-state index is 0.0938. The molecule has 0 radical (unpaired) electrons. The van der Waals surface area contributed by atoms with Crippen LogP contribution in [-0.2, 0) is 5.41 Å². The van der Waals surface area contributed by atoms with Crippen molar-refractivity contribution in [3.05, 3.63) is 70.8 Å². The first-order valence-corrected chi connectivity index (χ1v) is 10.8. The third kappa shape index (κ3) is 3.91. The Hall–Kier alpha value is -2.88. The SMILES string of the molecule is Cc1cc(N2CCN(C(=O)c3ccc(C(C)(C)C)cc3)CC2)nc2c(C)cccc12. The molecular formula is C26H31N3O. The first-order valence-electron chi connectivity index (χ1n) is 10.8. The van der Waals surface area contributed by atoms with E-state index in [4.69, 9.17) is 4.98 Å². The van der Waals surface area contributed by atoms with Gasteiger partial charge in [0, 0.05) is 37.1 Å². The number of fused-ring (bicyclic) bond motifs is 1. The third-order valence-electron chi connectivity index (χ3n) is 6.12. The number of nitrogens with zero attached hydrogens (tertiary/aromatic N) is 3. The lowest BCUT2D eigenvalue weighted by molar-refractivity contribution is 0.0746. The molecule has 1 aliphatic rings. The Labute approximate surface area is 179 Å². The standard InChI is InChI=1S/C26H31N3O/c1-18-7-6-8-22-19(2)17-23(27-24(18)22)28-13-15-29(16-14-28)25(30)20-9-11-21(12-10-20)26(3,4)5/h6-12,17H,13-16H2,1-5H3. The molecule has 1 aliphatic heterocycles. The van der Waals surface area contributed by atoms with Crippen LogP contribution in [0, 0.1) is 13.8 Å². The van der Waals surface area contributed by atoms with Gasteiger partial charge < -0.3 is 9.80 Å². The summed E-state index contributed by atoms with van der Waals surface area (Å²) in [5.41, 5.74) is 5.63. The highest BCUT2D eigenvalue weighted by atomic mass is 16.2. The molecule has 0 unspecified atom stereocenters. The van der Waals surface area contributed by atoms with Crippen molar-refractivity contribution >= 4 is 22.6 Å². The Balaban J connectivity index is 1.47. The van der Waals surface area contributed by atoms with Crippen LogP contribution in [0.4, 0.5) is 5.82 Å². The first-order chi connectivity index (χ1) is 14.2. The van der Waals surface area contributed by atoms with Crippen molar-refractivity contribution in [2.24, 2.45) is 0 Å². The maximum Gasteiger partial charge on any atom is 0.253 e. The third-order valence-corrected chi connectivity index (χ3v) is 6.12. The van der Waals surface area contributed by atoms with E-state index in [1.165, 1.54) is 22.1 Å². The van der Waals surface area contributed by atoms with Crippen LogP contribution in [0.5, 0.6) is 0 Å². The summed E-state index contributed by atoms with van der Waals surface area (Å²) in [5.74, 6) is 1.13. The number of amides is 1. The second-order valence-electron chi connectivity index (χ2n) is 9.38. The van der Waals surface area contributed by atoms with Gasteiger partial charge in [0.05, 0.1) is 5.52 Å². The molecule has 1 saturated heterocycles. The molecule has 0 bridgehead atoms. The number of para-hydroxylation sites is 1. The Bertz CT molecular complexity index is 1070. The number of aromatic nitrogens is 1. The molecule has 4 heteroatoms. The van der Waals surface area contributed by atoms with Crippen LogP contribution in [0.15, 0.2) is 48.5 Å². The minimum absolute atomic E-state index is 0.0938. The molecule has 2 heterocycles. The molecule has 4 rings (SSSR count). The molecule has 4 nitrogen and oxygen atoms in total. The number of piperazine rings is 1. The van der Waals surface area contributed by atoms with E-state index in [0.29, 0.717) is 13.1 Å². The highest BCUT2D eigenvalue weighted by Gasteiger charge is 2.24. The Kier molecular flexibility index (Phi) is 5.27. The van der Waals surface area contributed by atoms with Gasteiger partial charge in [0.2, 0.25) is 0 Å². The van der Waals surface area contributed by atoms with Gasteiger partial charge in [-0.1, -0.05) is 51.1 Å². The average Bonchev–Trinajstić information content (AvgIpc) is 2.73. The molecule has 0 N–H and O–H groups in total. The predicted molar refractivity (Wildman–Crippen MR) is 124 cm³/mol. The van der Waals surface area contributed by atoms with Crippen LogP contribution in [-0.4, -0.2) is 42.0 Å². The molecule has 3 aromatic rings. The quantitative estimate of drug-likeness (QED) is 0.599. The molecular weight excluding hydrogens is 370 g/mol. The van der Waals surface area contributed by atoms with Crippen LogP contribution in [0.25, 0.3) is 10.9 Å². The number of benzene rings is 2. The van der Waals surface area contributed by atoms with Gasteiger partial charge in [0.1, 0.15) is 5.82 Å². The van der Waals surface area contributed by atoms with Gasteiger partial charge in [-0.15, -0.1) is 0 Å². The molecule has 0 saturated carbocycles. The number of hydrogen-bond acceptors (Lipinski definition) is 3. The van der Waals surface area contributed by atoms with Gasteiger partial charge in [0.15, 0.2) is 0 Å². The van der Waals surface area contributed by atoms with E-state index < -0.39 is 0 Å². The normalized spacial score (nSPS) is 15.0. The molecule has 2 aromatic carbocycles. The molecule has 1 amide bonds. The largest absolute Gasteiger partial charge is 0.353 e. The van der Waals surface area contributed by atoms with Gasteiger partial charge in [-0.3, -0.25) is 4.79 Å². The highest BCUT2D eigenvalue weighted by molar-refractivity contribution is 5.94. The molecule has 1 aromatic heterocycles. The maximum absolute atomic E-state index is 13.0. The van der Waals surface area contributed by atoms with Crippen molar-refractivity contribution in [2.75, 3.05) is 31.1 Å². The van der Waals surface area contributed by atoms with E-state index in [0.717, 1.165) is 30.0 Å². The van der Waals surface area contributed by atoms with E-state index in [2.05, 4.69) is 75.9 Å². The summed E-state index contributed by atoms with van der Waals surface area (Å²) < 4.78 is 0. The number of carbonyl (C=O) groups is 1. The lowest BCUT2D eigenvalue weighted by atomic mass is 9.86. The van der Waals surface area contributed by atoms with Crippen LogP contribution < -0.4 is 4.90 Å². The number of rotatable bonds is 2. The zero-order chi connectivity index (χ0) is 21.5. The first kappa shape index (κ1) is 20.4. The fraction of sp³-hybridized carbons (Fsp3) is 0.385. The summed E-state index contributed by atoms with van der Waals surface area (Å²) in [6, 6.07) is 16.6. The summed E-state index contributed by atoms with van der Waals surface area (Å²) in [6.07, 6.45) is 0. The molecule has 30 heavy (non-hydrogen) atoms. The number of pyridine rings is 1. The number of aryl methyl sites for hydroxylation is 2. The van der Waals surface area contributed by atoms with E-state index in [-0.39, 0.29) is 11.3 Å². The summed E-state index contributed by atoms with van der Waals surface area (Å²) in [6.45, 7) is 13.9. The number of carbonyl (C=O) groups excluding carboxylic acids is 1. The topological polar surface area (TPSA) is 36.4 Å². The van der Waals surface area contributed by atoms with Crippen LogP contribution in [0.3, 0.4) is 0 Å². The van der Waals surface area contributed by atoms with Crippen molar-refractivity contribution < 1.29 is 4.79 Å². The van der Waals surface area contributed by atoms with Crippen molar-refractivity contribution in [1.82, 2.24) is 9.88 Å². The van der Waals surface area contributed by atoms with E-state index >= 15 is 0 Å². The fourth-order valence-corrected chi connectivity index (χ4v) is 4.14. The Morgan fingerprint density at radius 1 is 0.900 bits per heavy atom. The summed E-state index contributed by atoms with van der Waals surface area (Å²) >= 11 is 0. The predicted octanol–water partition coefficient (Wildman–Crippen LogP) is 5.11. The van der Waals surface area contributed by atoms with Gasteiger partial charge in [0.25, 0.3) is 5.91 Å².